The summed E-state index contributed by atoms with van der Waals surface area (Å²) in [6, 6.07) is 7.97. The quantitative estimate of drug-likeness (QED) is 0.215. The van der Waals surface area contributed by atoms with Crippen LogP contribution in [-0.4, -0.2) is 40.6 Å². The molecule has 0 aliphatic rings. The summed E-state index contributed by atoms with van der Waals surface area (Å²) in [5.41, 5.74) is 3.83. The third-order valence-corrected chi connectivity index (χ3v) is 5.37. The molecule has 10 heteroatoms. The number of thioether (sulfide) groups is 1. The molecule has 0 aliphatic heterocycles. The molecule has 156 valence electrons. The molecule has 1 aromatic heterocycles. The van der Waals surface area contributed by atoms with Gasteiger partial charge in [0.05, 0.1) is 37.0 Å². The standard InChI is InChI=1S/C19H25N5O4S/c1-19(2,3)15(29-18-22-16(27-4)10-17(23-18)28-5)12-21-20-11-13-6-8-14(9-7-13)24(25)26/h6-10,12,15,20H,11H2,1-5H3/b21-12+. The summed E-state index contributed by atoms with van der Waals surface area (Å²) in [6.07, 6.45) is 1.81. The van der Waals surface area contributed by atoms with Gasteiger partial charge in [-0.15, -0.1) is 0 Å². The van der Waals surface area contributed by atoms with Crippen molar-refractivity contribution in [2.24, 2.45) is 10.5 Å². The summed E-state index contributed by atoms with van der Waals surface area (Å²) in [4.78, 5) is 19.0. The minimum atomic E-state index is -0.420. The van der Waals surface area contributed by atoms with Gasteiger partial charge in [0.25, 0.3) is 5.69 Å². The Bertz CT molecular complexity index is 830. The van der Waals surface area contributed by atoms with E-state index in [1.165, 1.54) is 23.9 Å². The number of nitro groups is 1. The molecule has 0 spiro atoms. The number of ether oxygens (including phenoxy) is 2. The Morgan fingerprint density at radius 2 is 1.79 bits per heavy atom. The molecule has 2 aromatic rings. The molecular weight excluding hydrogens is 394 g/mol. The molecule has 0 bridgehead atoms. The maximum atomic E-state index is 10.7. The van der Waals surface area contributed by atoms with Crippen LogP contribution in [0.1, 0.15) is 26.3 Å². The van der Waals surface area contributed by atoms with E-state index in [0.717, 1.165) is 5.56 Å². The minimum absolute atomic E-state index is 0.0244. The van der Waals surface area contributed by atoms with E-state index in [9.17, 15) is 10.1 Å². The zero-order chi connectivity index (χ0) is 21.4. The summed E-state index contributed by atoms with van der Waals surface area (Å²) < 4.78 is 10.4. The van der Waals surface area contributed by atoms with E-state index in [1.54, 1.807) is 32.4 Å². The lowest BCUT2D eigenvalue weighted by atomic mass is 9.92. The lowest BCUT2D eigenvalue weighted by Crippen LogP contribution is -2.26. The van der Waals surface area contributed by atoms with Crippen LogP contribution in [0.4, 0.5) is 5.69 Å². The highest BCUT2D eigenvalue weighted by Crippen LogP contribution is 2.34. The highest BCUT2D eigenvalue weighted by atomic mass is 32.2. The summed E-state index contributed by atoms with van der Waals surface area (Å²) in [5.74, 6) is 0.862. The molecule has 1 heterocycles. The van der Waals surface area contributed by atoms with Crippen LogP contribution in [-0.2, 0) is 6.54 Å². The van der Waals surface area contributed by atoms with Gasteiger partial charge >= 0.3 is 0 Å². The van der Waals surface area contributed by atoms with Crippen LogP contribution in [0.15, 0.2) is 40.6 Å². The Labute approximate surface area is 174 Å². The number of hydrogen-bond donors (Lipinski definition) is 1. The fraction of sp³-hybridized carbons (Fsp3) is 0.421. The number of aromatic nitrogens is 2. The van der Waals surface area contributed by atoms with Crippen molar-refractivity contribution in [3.05, 3.63) is 46.0 Å². The van der Waals surface area contributed by atoms with Gasteiger partial charge in [-0.05, 0) is 11.0 Å². The fourth-order valence-electron chi connectivity index (χ4n) is 2.18. The van der Waals surface area contributed by atoms with E-state index in [1.807, 2.05) is 6.21 Å². The lowest BCUT2D eigenvalue weighted by molar-refractivity contribution is -0.384. The molecule has 0 aliphatic carbocycles. The number of hydrazone groups is 1. The first-order chi connectivity index (χ1) is 13.7. The van der Waals surface area contributed by atoms with Crippen molar-refractivity contribution in [1.82, 2.24) is 15.4 Å². The van der Waals surface area contributed by atoms with E-state index < -0.39 is 4.92 Å². The smallest absolute Gasteiger partial charge is 0.269 e. The van der Waals surface area contributed by atoms with Gasteiger partial charge in [0.1, 0.15) is 0 Å². The van der Waals surface area contributed by atoms with Crippen LogP contribution in [0.25, 0.3) is 0 Å². The number of non-ortho nitro benzene ring substituents is 1. The highest BCUT2D eigenvalue weighted by molar-refractivity contribution is 8.00. The fourth-order valence-corrected chi connectivity index (χ4v) is 3.17. The molecule has 0 fully saturated rings. The van der Waals surface area contributed by atoms with Gasteiger partial charge in [-0.3, -0.25) is 10.1 Å². The zero-order valence-electron chi connectivity index (χ0n) is 17.1. The van der Waals surface area contributed by atoms with Gasteiger partial charge in [0.15, 0.2) is 5.16 Å². The van der Waals surface area contributed by atoms with E-state index >= 15 is 0 Å². The Hall–Kier alpha value is -2.88. The van der Waals surface area contributed by atoms with Crippen LogP contribution in [0.2, 0.25) is 0 Å². The predicted molar refractivity (Wildman–Crippen MR) is 113 cm³/mol. The van der Waals surface area contributed by atoms with Gasteiger partial charge in [-0.25, -0.2) is 0 Å². The van der Waals surface area contributed by atoms with Crippen molar-refractivity contribution in [2.75, 3.05) is 14.2 Å². The van der Waals surface area contributed by atoms with Crippen LogP contribution < -0.4 is 14.9 Å². The first kappa shape index (κ1) is 22.4. The molecule has 1 atom stereocenters. The second-order valence-electron chi connectivity index (χ2n) is 7.18. The molecule has 0 radical (unpaired) electrons. The van der Waals surface area contributed by atoms with Crippen molar-refractivity contribution in [1.29, 1.82) is 0 Å². The maximum absolute atomic E-state index is 10.7. The predicted octanol–water partition coefficient (Wildman–Crippen LogP) is 3.68. The largest absolute Gasteiger partial charge is 0.481 e. The number of rotatable bonds is 9. The van der Waals surface area contributed by atoms with Gasteiger partial charge in [-0.1, -0.05) is 44.7 Å². The second kappa shape index (κ2) is 10.1. The summed E-state index contributed by atoms with van der Waals surface area (Å²) in [6.45, 7) is 6.76. The summed E-state index contributed by atoms with van der Waals surface area (Å²) >= 11 is 1.46. The van der Waals surface area contributed by atoms with Crippen molar-refractivity contribution in [3.8, 4) is 11.8 Å². The van der Waals surface area contributed by atoms with Crippen molar-refractivity contribution < 1.29 is 14.4 Å². The van der Waals surface area contributed by atoms with E-state index in [0.29, 0.717) is 23.5 Å². The SMILES string of the molecule is COc1cc(OC)nc(SC(/C=N/NCc2ccc([N+](=O)[O-])cc2)C(C)(C)C)n1. The molecule has 0 saturated carbocycles. The lowest BCUT2D eigenvalue weighted by Gasteiger charge is -2.26. The molecule has 2 rings (SSSR count). The van der Waals surface area contributed by atoms with Crippen molar-refractivity contribution in [2.45, 2.75) is 37.7 Å². The molecule has 0 amide bonds. The number of nitro benzene ring substituents is 1. The Morgan fingerprint density at radius 3 is 2.28 bits per heavy atom. The van der Waals surface area contributed by atoms with Crippen LogP contribution >= 0.6 is 11.8 Å². The topological polar surface area (TPSA) is 112 Å². The normalized spacial score (nSPS) is 12.6. The molecule has 9 nitrogen and oxygen atoms in total. The van der Waals surface area contributed by atoms with Crippen LogP contribution in [0.5, 0.6) is 11.8 Å². The molecule has 1 N–H and O–H groups in total. The molecule has 1 unspecified atom stereocenters. The molecule has 0 saturated heterocycles. The number of benzene rings is 1. The second-order valence-corrected chi connectivity index (χ2v) is 8.29. The summed E-state index contributed by atoms with van der Waals surface area (Å²) in [5, 5.41) is 15.5. The average molecular weight is 420 g/mol. The molecular formula is C19H25N5O4S. The van der Waals surface area contributed by atoms with Crippen molar-refractivity contribution in [3.63, 3.8) is 0 Å². The van der Waals surface area contributed by atoms with Gasteiger partial charge in [0, 0.05) is 18.3 Å². The Morgan fingerprint density at radius 1 is 1.21 bits per heavy atom. The monoisotopic (exact) mass is 419 g/mol. The first-order valence-electron chi connectivity index (χ1n) is 8.86. The van der Waals surface area contributed by atoms with Gasteiger partial charge in [-0.2, -0.15) is 15.1 Å². The number of hydrogen-bond acceptors (Lipinski definition) is 9. The Balaban J connectivity index is 2.04. The minimum Gasteiger partial charge on any atom is -0.481 e. The van der Waals surface area contributed by atoms with Crippen molar-refractivity contribution >= 4 is 23.7 Å². The third-order valence-electron chi connectivity index (χ3n) is 3.89. The Kier molecular flexibility index (Phi) is 7.77. The summed E-state index contributed by atoms with van der Waals surface area (Å²) in [7, 11) is 3.09. The first-order valence-corrected chi connectivity index (χ1v) is 9.74. The zero-order valence-corrected chi connectivity index (χ0v) is 17.9. The van der Waals surface area contributed by atoms with E-state index in [4.69, 9.17) is 9.47 Å². The molecule has 1 aromatic carbocycles. The highest BCUT2D eigenvalue weighted by Gasteiger charge is 2.26. The average Bonchev–Trinajstić information content (AvgIpc) is 2.69. The molecule has 29 heavy (non-hydrogen) atoms. The third kappa shape index (κ3) is 6.90. The van der Waals surface area contributed by atoms with Crippen LogP contribution in [0, 0.1) is 15.5 Å². The number of nitrogens with one attached hydrogen (secondary N) is 1. The number of methoxy groups -OCH3 is 2. The van der Waals surface area contributed by atoms with E-state index in [2.05, 4.69) is 41.3 Å². The number of nitrogens with zero attached hydrogens (tertiary/aromatic N) is 4. The van der Waals surface area contributed by atoms with Gasteiger partial charge < -0.3 is 14.9 Å². The maximum Gasteiger partial charge on any atom is 0.269 e. The van der Waals surface area contributed by atoms with Gasteiger partial charge in [0.2, 0.25) is 11.8 Å². The van der Waals surface area contributed by atoms with E-state index in [-0.39, 0.29) is 16.4 Å². The van der Waals surface area contributed by atoms with Crippen LogP contribution in [0.3, 0.4) is 0 Å².